The van der Waals surface area contributed by atoms with E-state index in [0.717, 1.165) is 38.4 Å². The minimum Gasteiger partial charge on any atom is -0.341 e. The maximum Gasteiger partial charge on any atom is 0.225 e. The Balaban J connectivity index is 1.84. The fourth-order valence-electron chi connectivity index (χ4n) is 4.02. The van der Waals surface area contributed by atoms with Crippen molar-refractivity contribution in [1.29, 1.82) is 0 Å². The number of nitrogens with one attached hydrogen (secondary N) is 1. The first-order chi connectivity index (χ1) is 9.91. The number of hydrogen-bond donors (Lipinski definition) is 1. The third-order valence-corrected chi connectivity index (χ3v) is 5.60. The minimum absolute atomic E-state index is 0.282. The first-order valence-corrected chi connectivity index (χ1v) is 8.94. The Kier molecular flexibility index (Phi) is 5.70. The molecule has 1 heterocycles. The van der Waals surface area contributed by atoms with Gasteiger partial charge in [0.05, 0.1) is 0 Å². The molecule has 1 aliphatic carbocycles. The lowest BCUT2D eigenvalue weighted by atomic mass is 9.69. The fraction of sp³-hybridized carbons (Fsp3) is 0.944. The third-order valence-electron chi connectivity index (χ3n) is 5.60. The van der Waals surface area contributed by atoms with E-state index >= 15 is 0 Å². The van der Waals surface area contributed by atoms with Crippen molar-refractivity contribution in [1.82, 2.24) is 10.2 Å². The van der Waals surface area contributed by atoms with Crippen molar-refractivity contribution in [2.45, 2.75) is 72.3 Å². The van der Waals surface area contributed by atoms with Crippen LogP contribution in [0.25, 0.3) is 0 Å². The Hall–Kier alpha value is -0.570. The van der Waals surface area contributed by atoms with Gasteiger partial charge in [0.15, 0.2) is 0 Å². The van der Waals surface area contributed by atoms with Gasteiger partial charge in [0, 0.05) is 25.0 Å². The van der Waals surface area contributed by atoms with Crippen molar-refractivity contribution >= 4 is 5.91 Å². The number of hydrogen-bond acceptors (Lipinski definition) is 2. The summed E-state index contributed by atoms with van der Waals surface area (Å²) >= 11 is 0. The highest BCUT2D eigenvalue weighted by Crippen LogP contribution is 2.40. The number of likely N-dealkylation sites (N-methyl/N-ethyl adjacent to an activating group) is 1. The molecule has 1 saturated carbocycles. The van der Waals surface area contributed by atoms with Crippen molar-refractivity contribution < 1.29 is 4.79 Å². The zero-order valence-electron chi connectivity index (χ0n) is 14.5. The van der Waals surface area contributed by atoms with Gasteiger partial charge < -0.3 is 10.2 Å². The van der Waals surface area contributed by atoms with Crippen LogP contribution in [0.1, 0.15) is 66.2 Å². The van der Waals surface area contributed by atoms with Gasteiger partial charge in [-0.3, -0.25) is 4.79 Å². The van der Waals surface area contributed by atoms with Gasteiger partial charge in [0.1, 0.15) is 0 Å². The van der Waals surface area contributed by atoms with Crippen molar-refractivity contribution in [2.75, 3.05) is 19.6 Å². The van der Waals surface area contributed by atoms with E-state index in [0.29, 0.717) is 17.4 Å². The van der Waals surface area contributed by atoms with Crippen molar-refractivity contribution in [3.8, 4) is 0 Å². The summed E-state index contributed by atoms with van der Waals surface area (Å²) in [5, 5.41) is 3.51. The molecule has 2 fully saturated rings. The molecule has 0 bridgehead atoms. The molecule has 0 aromatic rings. The van der Waals surface area contributed by atoms with Gasteiger partial charge in [0.2, 0.25) is 5.91 Å². The minimum atomic E-state index is 0.282. The van der Waals surface area contributed by atoms with Crippen molar-refractivity contribution in [3.05, 3.63) is 0 Å². The summed E-state index contributed by atoms with van der Waals surface area (Å²) in [6, 6.07) is 0.528. The molecular formula is C18H34N2O. The lowest BCUT2D eigenvalue weighted by Gasteiger charge is -2.38. The standard InChI is InChI=1S/C18H34N2O/c1-5-20(13-16-7-6-12-19-16)17(21)14-8-10-15(11-9-14)18(2,3)4/h14-16,19H,5-13H2,1-4H3. The zero-order valence-corrected chi connectivity index (χ0v) is 14.5. The number of nitrogens with zero attached hydrogens (tertiary/aromatic N) is 1. The lowest BCUT2D eigenvalue weighted by molar-refractivity contribution is -0.137. The molecule has 21 heavy (non-hydrogen) atoms. The van der Waals surface area contributed by atoms with Gasteiger partial charge in [-0.05, 0) is 63.3 Å². The summed E-state index contributed by atoms with van der Waals surface area (Å²) in [4.78, 5) is 14.9. The van der Waals surface area contributed by atoms with Gasteiger partial charge in [-0.25, -0.2) is 0 Å². The van der Waals surface area contributed by atoms with Gasteiger partial charge in [0.25, 0.3) is 0 Å². The zero-order chi connectivity index (χ0) is 15.5. The first kappa shape index (κ1) is 16.8. The Morgan fingerprint density at radius 2 is 1.81 bits per heavy atom. The maximum atomic E-state index is 12.8. The summed E-state index contributed by atoms with van der Waals surface area (Å²) in [6.45, 7) is 12.0. The second-order valence-electron chi connectivity index (χ2n) is 8.08. The third kappa shape index (κ3) is 4.45. The molecule has 1 saturated heterocycles. The average molecular weight is 294 g/mol. The monoisotopic (exact) mass is 294 g/mol. The number of amides is 1. The van der Waals surface area contributed by atoms with Crippen LogP contribution in [-0.2, 0) is 4.79 Å². The molecule has 1 atom stereocenters. The average Bonchev–Trinajstić information content (AvgIpc) is 2.96. The van der Waals surface area contributed by atoms with Crippen LogP contribution in [0.3, 0.4) is 0 Å². The summed E-state index contributed by atoms with van der Waals surface area (Å²) < 4.78 is 0. The number of carbonyl (C=O) groups excluding carboxylic acids is 1. The molecular weight excluding hydrogens is 260 g/mol. The second kappa shape index (κ2) is 7.13. The molecule has 0 aromatic carbocycles. The molecule has 1 N–H and O–H groups in total. The van der Waals surface area contributed by atoms with Gasteiger partial charge >= 0.3 is 0 Å². The molecule has 1 amide bonds. The Bertz CT molecular complexity index is 334. The SMILES string of the molecule is CCN(CC1CCCN1)C(=O)C1CCC(C(C)(C)C)CC1. The van der Waals surface area contributed by atoms with E-state index in [1.165, 1.54) is 25.7 Å². The van der Waals surface area contributed by atoms with E-state index in [9.17, 15) is 4.79 Å². The molecule has 0 spiro atoms. The van der Waals surface area contributed by atoms with E-state index in [-0.39, 0.29) is 5.92 Å². The highest BCUT2D eigenvalue weighted by molar-refractivity contribution is 5.79. The molecule has 3 nitrogen and oxygen atoms in total. The van der Waals surface area contributed by atoms with Crippen LogP contribution in [-0.4, -0.2) is 36.5 Å². The largest absolute Gasteiger partial charge is 0.341 e. The van der Waals surface area contributed by atoms with Gasteiger partial charge in [-0.1, -0.05) is 20.8 Å². The van der Waals surface area contributed by atoms with Crippen LogP contribution in [0.2, 0.25) is 0 Å². The topological polar surface area (TPSA) is 32.3 Å². The fourth-order valence-corrected chi connectivity index (χ4v) is 4.02. The number of rotatable bonds is 4. The first-order valence-electron chi connectivity index (χ1n) is 8.94. The van der Waals surface area contributed by atoms with E-state index in [1.807, 2.05) is 0 Å². The highest BCUT2D eigenvalue weighted by atomic mass is 16.2. The molecule has 0 radical (unpaired) electrons. The molecule has 2 rings (SSSR count). The van der Waals surface area contributed by atoms with E-state index in [2.05, 4.69) is 37.9 Å². The number of carbonyl (C=O) groups is 1. The smallest absolute Gasteiger partial charge is 0.225 e. The van der Waals surface area contributed by atoms with Crippen molar-refractivity contribution in [2.24, 2.45) is 17.3 Å². The Morgan fingerprint density at radius 3 is 2.29 bits per heavy atom. The van der Waals surface area contributed by atoms with Crippen LogP contribution in [0.15, 0.2) is 0 Å². The molecule has 2 aliphatic rings. The normalized spacial score (nSPS) is 30.4. The van der Waals surface area contributed by atoms with Crippen LogP contribution in [0.4, 0.5) is 0 Å². The summed E-state index contributed by atoms with van der Waals surface area (Å²) in [6.07, 6.45) is 7.11. The quantitative estimate of drug-likeness (QED) is 0.861. The molecule has 122 valence electrons. The predicted molar refractivity (Wildman–Crippen MR) is 88.2 cm³/mol. The summed E-state index contributed by atoms with van der Waals surface area (Å²) in [5.74, 6) is 1.48. The van der Waals surface area contributed by atoms with Crippen LogP contribution in [0, 0.1) is 17.3 Å². The van der Waals surface area contributed by atoms with E-state index in [1.54, 1.807) is 0 Å². The van der Waals surface area contributed by atoms with E-state index < -0.39 is 0 Å². The summed E-state index contributed by atoms with van der Waals surface area (Å²) in [5.41, 5.74) is 0.395. The van der Waals surface area contributed by atoms with Crippen LogP contribution < -0.4 is 5.32 Å². The van der Waals surface area contributed by atoms with Crippen molar-refractivity contribution in [3.63, 3.8) is 0 Å². The Morgan fingerprint density at radius 1 is 1.14 bits per heavy atom. The Labute approximate surface area is 130 Å². The molecule has 1 unspecified atom stereocenters. The molecule has 3 heteroatoms. The molecule has 1 aliphatic heterocycles. The highest BCUT2D eigenvalue weighted by Gasteiger charge is 2.34. The second-order valence-corrected chi connectivity index (χ2v) is 8.08. The molecule has 0 aromatic heterocycles. The van der Waals surface area contributed by atoms with E-state index in [4.69, 9.17) is 0 Å². The summed E-state index contributed by atoms with van der Waals surface area (Å²) in [7, 11) is 0. The van der Waals surface area contributed by atoms with Gasteiger partial charge in [-0.15, -0.1) is 0 Å². The lowest BCUT2D eigenvalue weighted by Crippen LogP contribution is -2.44. The predicted octanol–water partition coefficient (Wildman–Crippen LogP) is 3.44. The van der Waals surface area contributed by atoms with Gasteiger partial charge in [-0.2, -0.15) is 0 Å². The maximum absolute atomic E-state index is 12.8. The van der Waals surface area contributed by atoms with Crippen LogP contribution >= 0.6 is 0 Å². The van der Waals surface area contributed by atoms with Crippen LogP contribution in [0.5, 0.6) is 0 Å².